The van der Waals surface area contributed by atoms with Crippen molar-refractivity contribution in [3.05, 3.63) is 114 Å². The third-order valence-corrected chi connectivity index (χ3v) is 5.24. The zero-order valence-corrected chi connectivity index (χ0v) is 18.6. The number of hydrogen-bond acceptors (Lipinski definition) is 4. The number of hydrogen-bond donors (Lipinski definition) is 1. The molecule has 4 aromatic rings. The maximum atomic E-state index is 12.4. The molecule has 0 spiro atoms. The van der Waals surface area contributed by atoms with Gasteiger partial charge in [0.05, 0.1) is 13.3 Å². The number of amides is 1. The number of nitrogens with one attached hydrogen (secondary N) is 1. The van der Waals surface area contributed by atoms with Crippen LogP contribution in [0.15, 0.2) is 96.4 Å². The number of rotatable bonds is 8. The minimum absolute atomic E-state index is 0.282. The topological polar surface area (TPSA) is 64.8 Å². The maximum Gasteiger partial charge on any atom is 0.271 e. The van der Waals surface area contributed by atoms with Crippen LogP contribution in [0, 0.1) is 6.92 Å². The number of carbonyl (C=O) groups excluding carboxylic acids is 1. The molecule has 166 valence electrons. The Morgan fingerprint density at radius 1 is 0.970 bits per heavy atom. The number of methoxy groups -OCH3 is 1. The molecule has 6 nitrogen and oxygen atoms in total. The fourth-order valence-corrected chi connectivity index (χ4v) is 3.33. The van der Waals surface area contributed by atoms with E-state index in [0.29, 0.717) is 23.7 Å². The molecule has 0 fully saturated rings. The van der Waals surface area contributed by atoms with E-state index in [9.17, 15) is 4.79 Å². The van der Waals surface area contributed by atoms with Gasteiger partial charge >= 0.3 is 0 Å². The molecular formula is C27H25N3O3. The Labute approximate surface area is 193 Å². The van der Waals surface area contributed by atoms with Gasteiger partial charge in [0.15, 0.2) is 11.5 Å². The lowest BCUT2D eigenvalue weighted by atomic mass is 10.1. The van der Waals surface area contributed by atoms with E-state index < -0.39 is 0 Å². The molecule has 0 atom stereocenters. The molecule has 1 aromatic heterocycles. The van der Waals surface area contributed by atoms with E-state index in [1.54, 1.807) is 25.5 Å². The standard InChI is InChI=1S/C27H25N3O3/c1-20-7-3-4-8-23(20)19-33-25-14-9-21(17-26(25)32-2)18-28-29-27(31)22-10-12-24(13-11-22)30-15-5-6-16-30/h3-18H,19H2,1-2H3,(H,29,31). The number of aromatic nitrogens is 1. The van der Waals surface area contributed by atoms with Gasteiger partial charge in [0.1, 0.15) is 6.61 Å². The van der Waals surface area contributed by atoms with Gasteiger partial charge in [0.25, 0.3) is 5.91 Å². The van der Waals surface area contributed by atoms with Crippen molar-refractivity contribution in [2.45, 2.75) is 13.5 Å². The number of hydrazone groups is 1. The van der Waals surface area contributed by atoms with Gasteiger partial charge < -0.3 is 14.0 Å². The van der Waals surface area contributed by atoms with Crippen molar-refractivity contribution in [3.8, 4) is 17.2 Å². The zero-order chi connectivity index (χ0) is 23.0. The Kier molecular flexibility index (Phi) is 6.85. The van der Waals surface area contributed by atoms with E-state index in [0.717, 1.165) is 16.8 Å². The maximum absolute atomic E-state index is 12.4. The molecule has 0 saturated heterocycles. The van der Waals surface area contributed by atoms with Crippen LogP contribution < -0.4 is 14.9 Å². The molecule has 1 N–H and O–H groups in total. The minimum Gasteiger partial charge on any atom is -0.493 e. The van der Waals surface area contributed by atoms with Crippen LogP contribution >= 0.6 is 0 Å². The van der Waals surface area contributed by atoms with Gasteiger partial charge in [-0.3, -0.25) is 4.79 Å². The second-order valence-corrected chi connectivity index (χ2v) is 7.46. The van der Waals surface area contributed by atoms with E-state index >= 15 is 0 Å². The molecule has 3 aromatic carbocycles. The number of benzene rings is 3. The second-order valence-electron chi connectivity index (χ2n) is 7.46. The van der Waals surface area contributed by atoms with Crippen molar-refractivity contribution in [2.24, 2.45) is 5.10 Å². The Morgan fingerprint density at radius 3 is 2.45 bits per heavy atom. The van der Waals surface area contributed by atoms with Crippen LogP contribution in [0.5, 0.6) is 11.5 Å². The van der Waals surface area contributed by atoms with E-state index in [1.807, 2.05) is 77.6 Å². The van der Waals surface area contributed by atoms with Crippen LogP contribution in [0.2, 0.25) is 0 Å². The first-order valence-electron chi connectivity index (χ1n) is 10.6. The van der Waals surface area contributed by atoms with Crippen LogP contribution in [0.1, 0.15) is 27.0 Å². The van der Waals surface area contributed by atoms with Crippen molar-refractivity contribution in [1.82, 2.24) is 9.99 Å². The Hall–Kier alpha value is -4.32. The highest BCUT2D eigenvalue weighted by molar-refractivity contribution is 5.95. The van der Waals surface area contributed by atoms with E-state index in [2.05, 4.69) is 23.5 Å². The summed E-state index contributed by atoms with van der Waals surface area (Å²) in [5.74, 6) is 0.958. The Bertz CT molecular complexity index is 1250. The average Bonchev–Trinajstić information content (AvgIpc) is 3.39. The summed E-state index contributed by atoms with van der Waals surface area (Å²) < 4.78 is 13.4. The molecule has 0 aliphatic rings. The summed E-state index contributed by atoms with van der Waals surface area (Å²) >= 11 is 0. The number of carbonyl (C=O) groups is 1. The molecule has 0 aliphatic heterocycles. The fourth-order valence-electron chi connectivity index (χ4n) is 3.33. The molecule has 0 bridgehead atoms. The Balaban J connectivity index is 1.36. The third-order valence-electron chi connectivity index (χ3n) is 5.24. The van der Waals surface area contributed by atoms with E-state index in [4.69, 9.17) is 9.47 Å². The van der Waals surface area contributed by atoms with Gasteiger partial charge in [0, 0.05) is 23.6 Å². The van der Waals surface area contributed by atoms with Crippen LogP contribution in [-0.2, 0) is 6.61 Å². The van der Waals surface area contributed by atoms with Crippen LogP contribution in [-0.4, -0.2) is 23.8 Å². The highest BCUT2D eigenvalue weighted by Crippen LogP contribution is 2.28. The molecule has 0 saturated carbocycles. The molecule has 6 heteroatoms. The van der Waals surface area contributed by atoms with Crippen molar-refractivity contribution in [2.75, 3.05) is 7.11 Å². The van der Waals surface area contributed by atoms with Crippen LogP contribution in [0.25, 0.3) is 5.69 Å². The largest absolute Gasteiger partial charge is 0.493 e. The highest BCUT2D eigenvalue weighted by atomic mass is 16.5. The predicted octanol–water partition coefficient (Wildman–Crippen LogP) is 5.14. The summed E-state index contributed by atoms with van der Waals surface area (Å²) in [4.78, 5) is 12.4. The predicted molar refractivity (Wildman–Crippen MR) is 129 cm³/mol. The highest BCUT2D eigenvalue weighted by Gasteiger charge is 2.08. The quantitative estimate of drug-likeness (QED) is 0.306. The first-order chi connectivity index (χ1) is 16.1. The van der Waals surface area contributed by atoms with Gasteiger partial charge in [-0.1, -0.05) is 24.3 Å². The van der Waals surface area contributed by atoms with Gasteiger partial charge in [-0.15, -0.1) is 0 Å². The normalized spacial score (nSPS) is 10.8. The number of nitrogens with zero attached hydrogens (tertiary/aromatic N) is 2. The lowest BCUT2D eigenvalue weighted by Gasteiger charge is -2.12. The number of aryl methyl sites for hydroxylation is 1. The van der Waals surface area contributed by atoms with Gasteiger partial charge in [-0.05, 0) is 78.2 Å². The van der Waals surface area contributed by atoms with Gasteiger partial charge in [-0.25, -0.2) is 5.43 Å². The Morgan fingerprint density at radius 2 is 1.73 bits per heavy atom. The van der Waals surface area contributed by atoms with Crippen LogP contribution in [0.4, 0.5) is 0 Å². The minimum atomic E-state index is -0.282. The summed E-state index contributed by atoms with van der Waals surface area (Å²) in [6, 6.07) is 24.8. The average molecular weight is 440 g/mol. The molecule has 4 rings (SSSR count). The summed E-state index contributed by atoms with van der Waals surface area (Å²) in [6.45, 7) is 2.51. The molecule has 0 unspecified atom stereocenters. The monoisotopic (exact) mass is 439 g/mol. The van der Waals surface area contributed by atoms with E-state index in [-0.39, 0.29) is 5.91 Å². The molecule has 1 amide bonds. The summed E-state index contributed by atoms with van der Waals surface area (Å²) in [7, 11) is 1.59. The van der Waals surface area contributed by atoms with E-state index in [1.165, 1.54) is 5.56 Å². The van der Waals surface area contributed by atoms with Gasteiger partial charge in [0.2, 0.25) is 0 Å². The summed E-state index contributed by atoms with van der Waals surface area (Å²) in [5.41, 5.74) is 7.14. The SMILES string of the molecule is COc1cc(C=NNC(=O)c2ccc(-n3cccc3)cc2)ccc1OCc1ccccc1C. The summed E-state index contributed by atoms with van der Waals surface area (Å²) in [5, 5.41) is 4.07. The fraction of sp³-hybridized carbons (Fsp3) is 0.111. The van der Waals surface area contributed by atoms with Crippen LogP contribution in [0.3, 0.4) is 0 Å². The van der Waals surface area contributed by atoms with Crippen molar-refractivity contribution >= 4 is 12.1 Å². The molecule has 33 heavy (non-hydrogen) atoms. The van der Waals surface area contributed by atoms with Crippen molar-refractivity contribution in [3.63, 3.8) is 0 Å². The summed E-state index contributed by atoms with van der Waals surface area (Å²) in [6.07, 6.45) is 5.47. The van der Waals surface area contributed by atoms with Crippen molar-refractivity contribution < 1.29 is 14.3 Å². The number of ether oxygens (including phenoxy) is 2. The van der Waals surface area contributed by atoms with Gasteiger partial charge in [-0.2, -0.15) is 5.10 Å². The molecule has 0 aliphatic carbocycles. The second kappa shape index (κ2) is 10.3. The lowest BCUT2D eigenvalue weighted by Crippen LogP contribution is -2.17. The lowest BCUT2D eigenvalue weighted by molar-refractivity contribution is 0.0955. The smallest absolute Gasteiger partial charge is 0.271 e. The molecule has 0 radical (unpaired) electrons. The molecular weight excluding hydrogens is 414 g/mol. The zero-order valence-electron chi connectivity index (χ0n) is 18.6. The van der Waals surface area contributed by atoms with Crippen molar-refractivity contribution in [1.29, 1.82) is 0 Å². The first-order valence-corrected chi connectivity index (χ1v) is 10.6. The molecule has 1 heterocycles. The first kappa shape index (κ1) is 21.9. The third kappa shape index (κ3) is 5.49.